The van der Waals surface area contributed by atoms with Crippen molar-refractivity contribution in [2.45, 2.75) is 102 Å². The Labute approximate surface area is 204 Å². The normalized spacial score (nSPS) is 15.2. The summed E-state index contributed by atoms with van der Waals surface area (Å²) in [5.74, 6) is 0.225. The molecule has 0 saturated carbocycles. The minimum Gasteiger partial charge on any atom is -0.385 e. The Bertz CT molecular complexity index is 902. The van der Waals surface area contributed by atoms with Gasteiger partial charge in [-0.25, -0.2) is 8.42 Å². The molecule has 1 aliphatic rings. The summed E-state index contributed by atoms with van der Waals surface area (Å²) in [6.07, 6.45) is 13.7. The van der Waals surface area contributed by atoms with Crippen LogP contribution >= 0.6 is 11.6 Å². The third kappa shape index (κ3) is 8.93. The zero-order chi connectivity index (χ0) is 24.3. The standard InChI is InChI=1S/C25H40ClN3O3S/c1-3-5-7-9-10-12-14-20(13-11-8-6-4-2)19-33(31,32)21-15-16-23(22(26)17-21)29-25(30)18-24(27)28-29/h15-17,20H,3-14,18-19H2,1-2H3,(H2,27,28). The Hall–Kier alpha value is -1.60. The summed E-state index contributed by atoms with van der Waals surface area (Å²) >= 11 is 6.36. The average Bonchev–Trinajstić information content (AvgIpc) is 3.10. The number of carbonyl (C=O) groups excluding carboxylic acids is 1. The molecule has 0 aliphatic carbocycles. The predicted octanol–water partition coefficient (Wildman–Crippen LogP) is 6.46. The van der Waals surface area contributed by atoms with Crippen molar-refractivity contribution in [3.8, 4) is 0 Å². The Morgan fingerprint density at radius 3 is 2.12 bits per heavy atom. The number of benzene rings is 1. The first kappa shape index (κ1) is 27.6. The van der Waals surface area contributed by atoms with Gasteiger partial charge in [0.05, 0.1) is 27.8 Å². The quantitative estimate of drug-likeness (QED) is 0.265. The monoisotopic (exact) mass is 497 g/mol. The van der Waals surface area contributed by atoms with Crippen molar-refractivity contribution in [1.82, 2.24) is 0 Å². The van der Waals surface area contributed by atoms with E-state index in [0.717, 1.165) is 37.1 Å². The summed E-state index contributed by atoms with van der Waals surface area (Å²) < 4.78 is 26.4. The van der Waals surface area contributed by atoms with Crippen molar-refractivity contribution in [3.63, 3.8) is 0 Å². The number of hydrazone groups is 1. The number of hydrogen-bond acceptors (Lipinski definition) is 5. The largest absolute Gasteiger partial charge is 0.385 e. The number of rotatable bonds is 16. The van der Waals surface area contributed by atoms with E-state index in [2.05, 4.69) is 18.9 Å². The van der Waals surface area contributed by atoms with Crippen molar-refractivity contribution in [3.05, 3.63) is 23.2 Å². The fourth-order valence-corrected chi connectivity index (χ4v) is 6.33. The maximum Gasteiger partial charge on any atom is 0.255 e. The van der Waals surface area contributed by atoms with Crippen LogP contribution in [0.25, 0.3) is 0 Å². The van der Waals surface area contributed by atoms with E-state index < -0.39 is 9.84 Å². The highest BCUT2D eigenvalue weighted by Crippen LogP contribution is 2.32. The summed E-state index contributed by atoms with van der Waals surface area (Å²) in [6, 6.07) is 4.49. The lowest BCUT2D eigenvalue weighted by molar-refractivity contribution is -0.116. The van der Waals surface area contributed by atoms with Gasteiger partial charge in [0, 0.05) is 0 Å². The lowest BCUT2D eigenvalue weighted by Gasteiger charge is -2.18. The molecule has 33 heavy (non-hydrogen) atoms. The van der Waals surface area contributed by atoms with Crippen LogP contribution in [0.2, 0.25) is 5.02 Å². The molecule has 0 aromatic heterocycles. The number of nitrogens with zero attached hydrogens (tertiary/aromatic N) is 2. The molecule has 6 nitrogen and oxygen atoms in total. The molecule has 0 bridgehead atoms. The van der Waals surface area contributed by atoms with Crippen LogP contribution in [0.1, 0.15) is 97.3 Å². The van der Waals surface area contributed by atoms with Crippen LogP contribution in [0.5, 0.6) is 0 Å². The number of hydrogen-bond donors (Lipinski definition) is 1. The van der Waals surface area contributed by atoms with Gasteiger partial charge >= 0.3 is 0 Å². The fraction of sp³-hybridized carbons (Fsp3) is 0.680. The minimum atomic E-state index is -3.49. The van der Waals surface area contributed by atoms with E-state index in [1.165, 1.54) is 57.1 Å². The maximum absolute atomic E-state index is 13.2. The highest BCUT2D eigenvalue weighted by Gasteiger charge is 2.27. The lowest BCUT2D eigenvalue weighted by Crippen LogP contribution is -2.20. The zero-order valence-corrected chi connectivity index (χ0v) is 21.8. The molecule has 2 rings (SSSR count). The second kappa shape index (κ2) is 14.0. The lowest BCUT2D eigenvalue weighted by atomic mass is 9.96. The third-order valence-electron chi connectivity index (χ3n) is 6.19. The summed E-state index contributed by atoms with van der Waals surface area (Å²) in [6.45, 7) is 4.39. The Balaban J connectivity index is 2.05. The van der Waals surface area contributed by atoms with Gasteiger partial charge in [-0.1, -0.05) is 89.7 Å². The number of halogens is 1. The number of unbranched alkanes of at least 4 members (excludes halogenated alkanes) is 8. The molecule has 0 fully saturated rings. The molecular weight excluding hydrogens is 458 g/mol. The third-order valence-corrected chi connectivity index (χ3v) is 8.38. The SMILES string of the molecule is CCCCCCCCC(CCCCCC)CS(=O)(=O)c1ccc(N2N=C(N)CC2=O)c(Cl)c1. The van der Waals surface area contributed by atoms with Crippen LogP contribution in [0, 0.1) is 5.92 Å². The van der Waals surface area contributed by atoms with E-state index in [0.29, 0.717) is 5.69 Å². The van der Waals surface area contributed by atoms with Crippen molar-refractivity contribution in [1.29, 1.82) is 0 Å². The van der Waals surface area contributed by atoms with Crippen LogP contribution in [0.3, 0.4) is 0 Å². The Kier molecular flexibility index (Phi) is 11.7. The van der Waals surface area contributed by atoms with Crippen molar-refractivity contribution in [2.24, 2.45) is 16.8 Å². The van der Waals surface area contributed by atoms with Crippen LogP contribution in [-0.4, -0.2) is 25.9 Å². The number of nitrogens with two attached hydrogens (primary N) is 1. The minimum absolute atomic E-state index is 0.0362. The fourth-order valence-electron chi connectivity index (χ4n) is 4.28. The molecule has 2 N–H and O–H groups in total. The highest BCUT2D eigenvalue weighted by molar-refractivity contribution is 7.91. The number of amides is 1. The summed E-state index contributed by atoms with van der Waals surface area (Å²) in [5.41, 5.74) is 5.99. The number of carbonyl (C=O) groups is 1. The average molecular weight is 498 g/mol. The van der Waals surface area contributed by atoms with Crippen molar-refractivity contribution in [2.75, 3.05) is 10.8 Å². The topological polar surface area (TPSA) is 92.8 Å². The molecule has 0 saturated heterocycles. The van der Waals surface area contributed by atoms with Crippen LogP contribution in [0.4, 0.5) is 5.69 Å². The van der Waals surface area contributed by atoms with E-state index >= 15 is 0 Å². The predicted molar refractivity (Wildman–Crippen MR) is 137 cm³/mol. The molecule has 0 radical (unpaired) electrons. The van der Waals surface area contributed by atoms with Gasteiger partial charge in [-0.15, -0.1) is 0 Å². The highest BCUT2D eigenvalue weighted by atomic mass is 35.5. The van der Waals surface area contributed by atoms with Gasteiger partial charge in [0.2, 0.25) is 0 Å². The molecule has 8 heteroatoms. The second-order valence-corrected chi connectivity index (χ2v) is 11.6. The molecule has 1 aromatic rings. The van der Waals surface area contributed by atoms with E-state index in [9.17, 15) is 13.2 Å². The van der Waals surface area contributed by atoms with E-state index in [4.69, 9.17) is 17.3 Å². The van der Waals surface area contributed by atoms with Gasteiger partial charge < -0.3 is 5.73 Å². The molecule has 1 atom stereocenters. The van der Waals surface area contributed by atoms with Crippen molar-refractivity contribution >= 4 is 38.9 Å². The van der Waals surface area contributed by atoms with Crippen LogP contribution < -0.4 is 10.7 Å². The Morgan fingerprint density at radius 2 is 1.58 bits per heavy atom. The first-order valence-corrected chi connectivity index (χ1v) is 14.5. The first-order chi connectivity index (χ1) is 15.8. The molecule has 186 valence electrons. The molecule has 1 amide bonds. The van der Waals surface area contributed by atoms with Gasteiger partial charge in [-0.2, -0.15) is 10.1 Å². The van der Waals surface area contributed by atoms with Gasteiger partial charge in [0.25, 0.3) is 5.91 Å². The van der Waals surface area contributed by atoms with E-state index in [-0.39, 0.29) is 39.8 Å². The van der Waals surface area contributed by atoms with E-state index in [1.807, 2.05) is 0 Å². The summed E-state index contributed by atoms with van der Waals surface area (Å²) in [7, 11) is -3.49. The van der Waals surface area contributed by atoms with Crippen LogP contribution in [0.15, 0.2) is 28.2 Å². The van der Waals surface area contributed by atoms with Crippen LogP contribution in [-0.2, 0) is 14.6 Å². The second-order valence-electron chi connectivity index (χ2n) is 9.14. The first-order valence-electron chi connectivity index (χ1n) is 12.5. The van der Waals surface area contributed by atoms with Crippen molar-refractivity contribution < 1.29 is 13.2 Å². The van der Waals surface area contributed by atoms with Gasteiger partial charge in [-0.05, 0) is 37.0 Å². The van der Waals surface area contributed by atoms with E-state index in [1.54, 1.807) is 6.07 Å². The van der Waals surface area contributed by atoms with Gasteiger partial charge in [-0.3, -0.25) is 4.79 Å². The molecular formula is C25H40ClN3O3S. The molecule has 1 heterocycles. The molecule has 1 aromatic carbocycles. The number of anilines is 1. The molecule has 1 unspecified atom stereocenters. The smallest absolute Gasteiger partial charge is 0.255 e. The molecule has 1 aliphatic heterocycles. The number of sulfone groups is 1. The summed E-state index contributed by atoms with van der Waals surface area (Å²) in [4.78, 5) is 12.2. The molecule has 0 spiro atoms. The number of amidine groups is 1. The van der Waals surface area contributed by atoms with Gasteiger partial charge in [0.15, 0.2) is 9.84 Å². The summed E-state index contributed by atoms with van der Waals surface area (Å²) in [5, 5.41) is 5.32. The Morgan fingerprint density at radius 1 is 1.00 bits per heavy atom. The zero-order valence-electron chi connectivity index (χ0n) is 20.2. The van der Waals surface area contributed by atoms with Gasteiger partial charge in [0.1, 0.15) is 5.84 Å². The maximum atomic E-state index is 13.2.